The molecule has 0 fully saturated rings. The van der Waals surface area contributed by atoms with Crippen LogP contribution in [0.5, 0.6) is 0 Å². The van der Waals surface area contributed by atoms with E-state index < -0.39 is 73.9 Å². The van der Waals surface area contributed by atoms with Crippen LogP contribution in [0.1, 0.15) is 0 Å². The Labute approximate surface area is 136 Å². The minimum absolute atomic E-state index is 0.998. The molecule has 0 bridgehead atoms. The van der Waals surface area contributed by atoms with E-state index in [2.05, 4.69) is 0 Å². The van der Waals surface area contributed by atoms with Gasteiger partial charge in [-0.3, -0.25) is 4.79 Å². The minimum Gasteiger partial charge on any atom is -0.394 e. The fraction of sp³-hybridized carbons (Fsp3) is 0.917. The van der Waals surface area contributed by atoms with Gasteiger partial charge in [-0.25, -0.2) is 0 Å². The Morgan fingerprint density at radius 3 is 1.17 bits per heavy atom. The first-order chi connectivity index (χ1) is 11.0. The molecule has 0 aromatic rings. The highest BCUT2D eigenvalue weighted by molar-refractivity contribution is 5.88. The summed E-state index contributed by atoms with van der Waals surface area (Å²) in [6.07, 6.45) is -20.2. The van der Waals surface area contributed by atoms with Gasteiger partial charge in [-0.1, -0.05) is 0 Å². The van der Waals surface area contributed by atoms with Gasteiger partial charge in [-0.2, -0.15) is 0 Å². The highest BCUT2D eigenvalue weighted by Gasteiger charge is 2.42. The van der Waals surface area contributed by atoms with Crippen molar-refractivity contribution in [2.75, 3.05) is 13.2 Å². The van der Waals surface area contributed by atoms with Crippen molar-refractivity contribution in [3.8, 4) is 0 Å². The van der Waals surface area contributed by atoms with Crippen LogP contribution in [0, 0.1) is 0 Å². The van der Waals surface area contributed by atoms with Crippen molar-refractivity contribution in [1.82, 2.24) is 0 Å². The zero-order chi connectivity index (χ0) is 19.2. The molecule has 0 radical (unpaired) electrons. The first kappa shape index (κ1) is 23.2. The molecular weight excluding hydrogens is 336 g/mol. The van der Waals surface area contributed by atoms with Crippen molar-refractivity contribution < 1.29 is 61.0 Å². The molecule has 11 N–H and O–H groups in total. The lowest BCUT2D eigenvalue weighted by atomic mass is 9.92. The Morgan fingerprint density at radius 1 is 0.542 bits per heavy atom. The number of ketones is 1. The van der Waals surface area contributed by atoms with Crippen LogP contribution in [-0.2, 0) is 4.79 Å². The number of carbonyl (C=O) groups excluding carboxylic acids is 1. The van der Waals surface area contributed by atoms with E-state index >= 15 is 0 Å². The number of hydrogen-bond donors (Lipinski definition) is 11. The Balaban J connectivity index is 4.96. The summed E-state index contributed by atoms with van der Waals surface area (Å²) in [6.45, 7) is -2.00. The zero-order valence-electron chi connectivity index (χ0n) is 12.4. The third-order valence-electron chi connectivity index (χ3n) is 3.44. The number of aliphatic hydroxyl groups is 11. The van der Waals surface area contributed by atoms with Crippen LogP contribution in [0.3, 0.4) is 0 Å². The van der Waals surface area contributed by atoms with Gasteiger partial charge >= 0.3 is 0 Å². The van der Waals surface area contributed by atoms with Gasteiger partial charge in [0.15, 0.2) is 5.78 Å². The quantitative estimate of drug-likeness (QED) is 0.165. The fourth-order valence-corrected chi connectivity index (χ4v) is 1.76. The predicted molar refractivity (Wildman–Crippen MR) is 73.2 cm³/mol. The number of rotatable bonds is 11. The van der Waals surface area contributed by atoms with Gasteiger partial charge in [0, 0.05) is 0 Å². The Hall–Kier alpha value is -0.770. The van der Waals surface area contributed by atoms with Gasteiger partial charge in [-0.15, -0.1) is 0 Å². The SMILES string of the molecule is O=C(C(O)[C@H](O)[C@@H](O)[C@H](O)[C@H](O)CO)[C@H](O)[C@@H](O)[C@H](O)[C@H](O)CO. The van der Waals surface area contributed by atoms with E-state index in [1.165, 1.54) is 0 Å². The maximum Gasteiger partial charge on any atom is 0.195 e. The fourth-order valence-electron chi connectivity index (χ4n) is 1.76. The van der Waals surface area contributed by atoms with E-state index in [9.17, 15) is 40.5 Å². The third-order valence-corrected chi connectivity index (χ3v) is 3.44. The highest BCUT2D eigenvalue weighted by atomic mass is 16.4. The molecule has 0 aliphatic heterocycles. The molecule has 1 unspecified atom stereocenters. The molecule has 0 aromatic carbocycles. The number of aliphatic hydroxyl groups excluding tert-OH is 11. The predicted octanol–water partition coefficient (Wildman–Crippen LogP) is -7.21. The Morgan fingerprint density at radius 2 is 0.833 bits per heavy atom. The lowest BCUT2D eigenvalue weighted by Gasteiger charge is -2.30. The van der Waals surface area contributed by atoms with Crippen LogP contribution in [0.2, 0.25) is 0 Å². The average Bonchev–Trinajstić information content (AvgIpc) is 2.61. The molecule has 12 heteroatoms. The molecule has 0 spiro atoms. The molecule has 0 saturated heterocycles. The van der Waals surface area contributed by atoms with Gasteiger partial charge in [-0.05, 0) is 0 Å². The monoisotopic (exact) mass is 360 g/mol. The second-order valence-electron chi connectivity index (χ2n) is 5.24. The summed E-state index contributed by atoms with van der Waals surface area (Å²) in [5, 5.41) is 102. The molecule has 12 nitrogen and oxygen atoms in total. The number of hydrogen-bond acceptors (Lipinski definition) is 12. The van der Waals surface area contributed by atoms with Crippen LogP contribution in [0.15, 0.2) is 0 Å². The maximum atomic E-state index is 11.7. The van der Waals surface area contributed by atoms with E-state index in [0.29, 0.717) is 0 Å². The molecule has 0 amide bonds. The lowest BCUT2D eigenvalue weighted by Crippen LogP contribution is -2.56. The van der Waals surface area contributed by atoms with Crippen LogP contribution >= 0.6 is 0 Å². The lowest BCUT2D eigenvalue weighted by molar-refractivity contribution is -0.171. The van der Waals surface area contributed by atoms with Crippen molar-refractivity contribution in [3.05, 3.63) is 0 Å². The van der Waals surface area contributed by atoms with Crippen LogP contribution < -0.4 is 0 Å². The van der Waals surface area contributed by atoms with Crippen molar-refractivity contribution >= 4 is 5.78 Å². The summed E-state index contributed by atoms with van der Waals surface area (Å²) in [7, 11) is 0. The van der Waals surface area contributed by atoms with Gasteiger partial charge in [0.1, 0.15) is 54.9 Å². The normalized spacial score (nSPS) is 23.5. The number of Topliss-reactive ketones (excluding diaryl/α,β-unsaturated/α-hetero) is 1. The summed E-state index contributed by atoms with van der Waals surface area (Å²) >= 11 is 0. The van der Waals surface area contributed by atoms with E-state index in [0.717, 1.165) is 0 Å². The van der Waals surface area contributed by atoms with Gasteiger partial charge in [0.25, 0.3) is 0 Å². The number of carbonyl (C=O) groups is 1. The smallest absolute Gasteiger partial charge is 0.195 e. The van der Waals surface area contributed by atoms with Crippen molar-refractivity contribution in [1.29, 1.82) is 0 Å². The standard InChI is InChI=1S/C12H24O12/c13-1-3(15)5(17)7(19)9(21)11(23)12(24)10(22)8(20)6(18)4(16)2-14/h3-11,13-23H,1-2H2/t3-,4-,5-,6-,7+,8+,9-,10-,11?/m1/s1. The van der Waals surface area contributed by atoms with Gasteiger partial charge in [0.05, 0.1) is 13.2 Å². The second kappa shape index (κ2) is 10.3. The molecule has 0 aromatic heterocycles. The average molecular weight is 360 g/mol. The Bertz CT molecular complexity index is 379. The van der Waals surface area contributed by atoms with Crippen LogP contribution in [0.4, 0.5) is 0 Å². The van der Waals surface area contributed by atoms with Crippen molar-refractivity contribution in [2.45, 2.75) is 54.9 Å². The topological polar surface area (TPSA) is 240 Å². The molecule has 24 heavy (non-hydrogen) atoms. The third kappa shape index (κ3) is 5.65. The van der Waals surface area contributed by atoms with E-state index in [1.807, 2.05) is 0 Å². The molecule has 0 aliphatic rings. The first-order valence-corrected chi connectivity index (χ1v) is 6.89. The summed E-state index contributed by atoms with van der Waals surface area (Å²) in [6, 6.07) is 0. The summed E-state index contributed by atoms with van der Waals surface area (Å²) in [5.74, 6) is -1.68. The van der Waals surface area contributed by atoms with Crippen LogP contribution in [0.25, 0.3) is 0 Å². The molecule has 0 aliphatic carbocycles. The van der Waals surface area contributed by atoms with Gasteiger partial charge in [0.2, 0.25) is 0 Å². The maximum absolute atomic E-state index is 11.7. The van der Waals surface area contributed by atoms with E-state index in [-0.39, 0.29) is 0 Å². The molecule has 9 atom stereocenters. The second-order valence-corrected chi connectivity index (χ2v) is 5.24. The van der Waals surface area contributed by atoms with E-state index in [4.69, 9.17) is 20.4 Å². The molecular formula is C12H24O12. The summed E-state index contributed by atoms with van der Waals surface area (Å²) in [5.41, 5.74) is 0. The minimum atomic E-state index is -2.55. The highest BCUT2D eigenvalue weighted by Crippen LogP contribution is 2.13. The van der Waals surface area contributed by atoms with Crippen LogP contribution in [-0.4, -0.2) is 130 Å². The van der Waals surface area contributed by atoms with Crippen molar-refractivity contribution in [3.63, 3.8) is 0 Å². The largest absolute Gasteiger partial charge is 0.394 e. The molecule has 144 valence electrons. The summed E-state index contributed by atoms with van der Waals surface area (Å²) in [4.78, 5) is 11.7. The van der Waals surface area contributed by atoms with Gasteiger partial charge < -0.3 is 56.2 Å². The molecule has 0 saturated carbocycles. The molecule has 0 heterocycles. The molecule has 0 rings (SSSR count). The summed E-state index contributed by atoms with van der Waals surface area (Å²) < 4.78 is 0. The Kier molecular flexibility index (Phi) is 9.94. The first-order valence-electron chi connectivity index (χ1n) is 6.89. The van der Waals surface area contributed by atoms with Crippen molar-refractivity contribution in [2.24, 2.45) is 0 Å². The van der Waals surface area contributed by atoms with E-state index in [1.54, 1.807) is 0 Å². The zero-order valence-corrected chi connectivity index (χ0v) is 12.4.